The molecule has 2 aliphatic rings. The van der Waals surface area contributed by atoms with Crippen molar-refractivity contribution in [2.75, 3.05) is 20.8 Å². The molecule has 0 amide bonds. The number of hydrogen-bond acceptors (Lipinski definition) is 2. The summed E-state index contributed by atoms with van der Waals surface area (Å²) in [5, 5.41) is 1.29. The summed E-state index contributed by atoms with van der Waals surface area (Å²) >= 11 is 12.2. The van der Waals surface area contributed by atoms with Crippen molar-refractivity contribution in [2.24, 2.45) is 5.92 Å². The molecule has 3 rings (SSSR count). The zero-order chi connectivity index (χ0) is 14.3. The van der Waals surface area contributed by atoms with Crippen LogP contribution < -0.4 is 0 Å². The largest absolute Gasteiger partial charge is 0.384 e. The van der Waals surface area contributed by atoms with Crippen molar-refractivity contribution in [3.05, 3.63) is 33.8 Å². The number of nitrogens with zero attached hydrogens (tertiary/aromatic N) is 1. The van der Waals surface area contributed by atoms with Crippen LogP contribution in [0.5, 0.6) is 0 Å². The van der Waals surface area contributed by atoms with Gasteiger partial charge in [0, 0.05) is 25.1 Å². The average Bonchev–Trinajstić information content (AvgIpc) is 2.67. The van der Waals surface area contributed by atoms with Crippen LogP contribution in [0.3, 0.4) is 0 Å². The van der Waals surface area contributed by atoms with Gasteiger partial charge in [-0.1, -0.05) is 29.3 Å². The zero-order valence-corrected chi connectivity index (χ0v) is 13.5. The Morgan fingerprint density at radius 2 is 2.05 bits per heavy atom. The highest BCUT2D eigenvalue weighted by Crippen LogP contribution is 2.46. The van der Waals surface area contributed by atoms with Gasteiger partial charge in [0.15, 0.2) is 0 Å². The number of benzene rings is 1. The Kier molecular flexibility index (Phi) is 4.28. The van der Waals surface area contributed by atoms with E-state index in [9.17, 15) is 0 Å². The van der Waals surface area contributed by atoms with E-state index >= 15 is 0 Å². The Hall–Kier alpha value is -0.280. The number of rotatable bonds is 3. The third-order valence-electron chi connectivity index (χ3n) is 5.16. The van der Waals surface area contributed by atoms with Crippen molar-refractivity contribution < 1.29 is 4.74 Å². The van der Waals surface area contributed by atoms with Gasteiger partial charge in [0.05, 0.1) is 16.7 Å². The van der Waals surface area contributed by atoms with E-state index in [0.717, 1.165) is 6.61 Å². The van der Waals surface area contributed by atoms with Crippen LogP contribution in [0.4, 0.5) is 0 Å². The lowest BCUT2D eigenvalue weighted by atomic mass is 9.76. The molecule has 0 radical (unpaired) electrons. The van der Waals surface area contributed by atoms with Gasteiger partial charge in [0.2, 0.25) is 0 Å². The Morgan fingerprint density at radius 1 is 1.25 bits per heavy atom. The summed E-state index contributed by atoms with van der Waals surface area (Å²) in [6.07, 6.45) is 3.78. The highest BCUT2D eigenvalue weighted by Gasteiger charge is 2.45. The molecule has 2 fully saturated rings. The maximum absolute atomic E-state index is 6.20. The number of ether oxygens (including phenoxy) is 1. The van der Waals surface area contributed by atoms with Gasteiger partial charge >= 0.3 is 0 Å². The molecule has 4 atom stereocenters. The normalized spacial score (nSPS) is 33.6. The van der Waals surface area contributed by atoms with E-state index in [2.05, 4.69) is 18.0 Å². The van der Waals surface area contributed by atoms with Crippen molar-refractivity contribution >= 4 is 23.2 Å². The van der Waals surface area contributed by atoms with E-state index in [-0.39, 0.29) is 0 Å². The smallest absolute Gasteiger partial charge is 0.0595 e. The summed E-state index contributed by atoms with van der Waals surface area (Å²) in [6.45, 7) is 0.812. The first-order valence-electron chi connectivity index (χ1n) is 7.27. The van der Waals surface area contributed by atoms with Gasteiger partial charge in [0.1, 0.15) is 0 Å². The summed E-state index contributed by atoms with van der Waals surface area (Å²) in [7, 11) is 4.06. The Balaban J connectivity index is 1.92. The number of methoxy groups -OCH3 is 1. The van der Waals surface area contributed by atoms with Gasteiger partial charge in [-0.05, 0) is 49.9 Å². The summed E-state index contributed by atoms with van der Waals surface area (Å²) in [5.74, 6) is 1.07. The molecule has 4 unspecified atom stereocenters. The van der Waals surface area contributed by atoms with Gasteiger partial charge < -0.3 is 9.64 Å². The molecule has 0 aromatic heterocycles. The molecule has 0 N–H and O–H groups in total. The standard InChI is InChI=1S/C16H21Cl2NO/c1-19-11-4-6-16(19)13(9-20-2)12(8-11)10-3-5-14(17)15(18)7-10/h3,5,7,11-13,16H,4,6,8-9H2,1-2H3. The first-order chi connectivity index (χ1) is 9.61. The van der Waals surface area contributed by atoms with E-state index in [1.165, 1.54) is 24.8 Å². The fraction of sp³-hybridized carbons (Fsp3) is 0.625. The van der Waals surface area contributed by atoms with Crippen molar-refractivity contribution in [1.82, 2.24) is 4.90 Å². The second kappa shape index (κ2) is 5.84. The molecule has 2 heterocycles. The quantitative estimate of drug-likeness (QED) is 0.829. The van der Waals surface area contributed by atoms with Crippen LogP contribution in [-0.4, -0.2) is 37.7 Å². The van der Waals surface area contributed by atoms with Crippen LogP contribution in [0.2, 0.25) is 10.0 Å². The Morgan fingerprint density at radius 3 is 2.75 bits per heavy atom. The van der Waals surface area contributed by atoms with Crippen molar-refractivity contribution in [3.8, 4) is 0 Å². The first-order valence-corrected chi connectivity index (χ1v) is 8.03. The van der Waals surface area contributed by atoms with Crippen LogP contribution >= 0.6 is 23.2 Å². The van der Waals surface area contributed by atoms with Crippen molar-refractivity contribution in [3.63, 3.8) is 0 Å². The third-order valence-corrected chi connectivity index (χ3v) is 5.90. The highest BCUT2D eigenvalue weighted by atomic mass is 35.5. The second-order valence-corrected chi connectivity index (χ2v) is 6.91. The fourth-order valence-electron chi connectivity index (χ4n) is 4.12. The molecule has 0 saturated carbocycles. The lowest BCUT2D eigenvalue weighted by Gasteiger charge is -2.43. The van der Waals surface area contributed by atoms with E-state index in [4.69, 9.17) is 27.9 Å². The van der Waals surface area contributed by atoms with Gasteiger partial charge in [0.25, 0.3) is 0 Å². The van der Waals surface area contributed by atoms with Gasteiger partial charge in [-0.15, -0.1) is 0 Å². The van der Waals surface area contributed by atoms with Crippen LogP contribution in [0, 0.1) is 5.92 Å². The summed E-state index contributed by atoms with van der Waals surface area (Å²) < 4.78 is 5.50. The van der Waals surface area contributed by atoms with Gasteiger partial charge in [-0.2, -0.15) is 0 Å². The van der Waals surface area contributed by atoms with E-state index in [0.29, 0.717) is 34.0 Å². The average molecular weight is 314 g/mol. The monoisotopic (exact) mass is 313 g/mol. The van der Waals surface area contributed by atoms with Gasteiger partial charge in [-0.25, -0.2) is 0 Å². The SMILES string of the molecule is COCC1C(c2ccc(Cl)c(Cl)c2)CC2CCC1N2C. The predicted octanol–water partition coefficient (Wildman–Crippen LogP) is 4.21. The first kappa shape index (κ1) is 14.6. The topological polar surface area (TPSA) is 12.5 Å². The molecule has 2 bridgehead atoms. The Bertz CT molecular complexity index is 493. The van der Waals surface area contributed by atoms with E-state index in [1.54, 1.807) is 7.11 Å². The molecule has 2 saturated heterocycles. The number of halogens is 2. The fourth-order valence-corrected chi connectivity index (χ4v) is 4.43. The van der Waals surface area contributed by atoms with Crippen LogP contribution in [-0.2, 0) is 4.74 Å². The van der Waals surface area contributed by atoms with Crippen molar-refractivity contribution in [1.29, 1.82) is 0 Å². The van der Waals surface area contributed by atoms with Crippen LogP contribution in [0.1, 0.15) is 30.7 Å². The lowest BCUT2D eigenvalue weighted by molar-refractivity contribution is 0.0405. The van der Waals surface area contributed by atoms with Gasteiger partial charge in [-0.3, -0.25) is 0 Å². The molecule has 20 heavy (non-hydrogen) atoms. The molecule has 1 aromatic rings. The molecule has 0 aliphatic carbocycles. The van der Waals surface area contributed by atoms with E-state index < -0.39 is 0 Å². The minimum absolute atomic E-state index is 0.526. The molecule has 4 heteroatoms. The molecular formula is C16H21Cl2NO. The Labute approximate surface area is 131 Å². The molecule has 1 aromatic carbocycles. The van der Waals surface area contributed by atoms with Crippen molar-refractivity contribution in [2.45, 2.75) is 37.3 Å². The number of fused-ring (bicyclic) bond motifs is 2. The third kappa shape index (κ3) is 2.48. The lowest BCUT2D eigenvalue weighted by Crippen LogP contribution is -2.47. The maximum Gasteiger partial charge on any atom is 0.0595 e. The molecule has 110 valence electrons. The molecule has 0 spiro atoms. The summed E-state index contributed by atoms with van der Waals surface area (Å²) in [5.41, 5.74) is 1.31. The zero-order valence-electron chi connectivity index (χ0n) is 12.0. The molecule has 2 nitrogen and oxygen atoms in total. The number of piperidine rings is 1. The molecular weight excluding hydrogens is 293 g/mol. The highest BCUT2D eigenvalue weighted by molar-refractivity contribution is 6.42. The van der Waals surface area contributed by atoms with E-state index in [1.807, 2.05) is 12.1 Å². The predicted molar refractivity (Wildman–Crippen MR) is 83.8 cm³/mol. The minimum Gasteiger partial charge on any atom is -0.384 e. The molecule has 2 aliphatic heterocycles. The summed E-state index contributed by atoms with van der Waals surface area (Å²) in [4.78, 5) is 2.55. The van der Waals surface area contributed by atoms with Crippen LogP contribution in [0.25, 0.3) is 0 Å². The second-order valence-electron chi connectivity index (χ2n) is 6.10. The van der Waals surface area contributed by atoms with Crippen LogP contribution in [0.15, 0.2) is 18.2 Å². The maximum atomic E-state index is 6.20. The number of hydrogen-bond donors (Lipinski definition) is 0. The summed E-state index contributed by atoms with van der Waals surface area (Å²) in [6, 6.07) is 7.43. The minimum atomic E-state index is 0.526.